The molecule has 0 spiro atoms. The Kier molecular flexibility index (Phi) is 7.66. The lowest BCUT2D eigenvalue weighted by molar-refractivity contribution is -0.143. The molecule has 2 aliphatic rings. The molecular weight excluding hydrogens is 392 g/mol. The van der Waals surface area contributed by atoms with Crippen molar-refractivity contribution in [2.45, 2.75) is 70.8 Å². The second-order valence-corrected chi connectivity index (χ2v) is 9.07. The van der Waals surface area contributed by atoms with Crippen molar-refractivity contribution in [2.75, 3.05) is 18.5 Å². The average molecular weight is 423 g/mol. The van der Waals surface area contributed by atoms with Gasteiger partial charge >= 0.3 is 5.97 Å². The van der Waals surface area contributed by atoms with Gasteiger partial charge in [-0.05, 0) is 43.6 Å². The number of amides is 2. The van der Waals surface area contributed by atoms with Crippen LogP contribution in [0.1, 0.15) is 72.7 Å². The number of anilines is 1. The molecule has 29 heavy (non-hydrogen) atoms. The molecule has 2 amide bonds. The van der Waals surface area contributed by atoms with E-state index in [1.165, 1.54) is 22.6 Å². The van der Waals surface area contributed by atoms with E-state index in [1.807, 2.05) is 0 Å². The van der Waals surface area contributed by atoms with Crippen molar-refractivity contribution in [2.24, 2.45) is 5.92 Å². The Bertz CT molecular complexity index is 754. The molecule has 0 bridgehead atoms. The van der Waals surface area contributed by atoms with Crippen LogP contribution in [-0.2, 0) is 27.2 Å². The van der Waals surface area contributed by atoms with E-state index in [2.05, 4.69) is 17.6 Å². The maximum atomic E-state index is 13.1. The summed E-state index contributed by atoms with van der Waals surface area (Å²) in [5.41, 5.74) is 1.66. The van der Waals surface area contributed by atoms with Gasteiger partial charge in [0.15, 0.2) is 0 Å². The van der Waals surface area contributed by atoms with Crippen molar-refractivity contribution >= 4 is 34.1 Å². The number of ether oxygens (including phenoxy) is 1. The highest BCUT2D eigenvalue weighted by atomic mass is 32.1. The van der Waals surface area contributed by atoms with Crippen LogP contribution in [0.3, 0.4) is 0 Å². The summed E-state index contributed by atoms with van der Waals surface area (Å²) >= 11 is 1.47. The van der Waals surface area contributed by atoms with Crippen LogP contribution in [0.5, 0.6) is 0 Å². The zero-order valence-electron chi connectivity index (χ0n) is 16.9. The molecule has 8 heteroatoms. The van der Waals surface area contributed by atoms with Crippen molar-refractivity contribution in [3.05, 3.63) is 16.0 Å². The van der Waals surface area contributed by atoms with Crippen molar-refractivity contribution in [1.82, 2.24) is 5.32 Å². The number of hydrogen-bond acceptors (Lipinski definition) is 5. The summed E-state index contributed by atoms with van der Waals surface area (Å²) < 4.78 is 4.88. The predicted molar refractivity (Wildman–Crippen MR) is 112 cm³/mol. The first-order valence-electron chi connectivity index (χ1n) is 10.5. The van der Waals surface area contributed by atoms with Crippen molar-refractivity contribution in [1.29, 1.82) is 0 Å². The van der Waals surface area contributed by atoms with Gasteiger partial charge < -0.3 is 20.5 Å². The highest BCUT2D eigenvalue weighted by Gasteiger charge is 2.30. The monoisotopic (exact) mass is 422 g/mol. The highest BCUT2D eigenvalue weighted by Crippen LogP contribution is 2.40. The van der Waals surface area contributed by atoms with Crippen LogP contribution in [0.15, 0.2) is 0 Å². The topological polar surface area (TPSA) is 105 Å². The third-order valence-electron chi connectivity index (χ3n) is 5.82. The third-order valence-corrected chi connectivity index (χ3v) is 6.99. The summed E-state index contributed by atoms with van der Waals surface area (Å²) in [5, 5.41) is 15.2. The lowest BCUT2D eigenvalue weighted by Gasteiger charge is -2.24. The summed E-state index contributed by atoms with van der Waals surface area (Å²) in [5.74, 6) is -1.06. The Morgan fingerprint density at radius 2 is 1.90 bits per heavy atom. The first kappa shape index (κ1) is 21.8. The predicted octanol–water partition coefficient (Wildman–Crippen LogP) is 3.37. The fourth-order valence-electron chi connectivity index (χ4n) is 4.23. The number of aliphatic carboxylic acids is 1. The van der Waals surface area contributed by atoms with Gasteiger partial charge in [0, 0.05) is 10.9 Å². The van der Waals surface area contributed by atoms with Crippen LogP contribution in [0.25, 0.3) is 0 Å². The number of fused-ring (bicyclic) bond motifs is 1. The number of carbonyl (C=O) groups excluding carboxylic acids is 2. The number of thiophene rings is 1. The van der Waals surface area contributed by atoms with Crippen LogP contribution < -0.4 is 10.6 Å². The number of carboxylic acids is 1. The first-order chi connectivity index (χ1) is 14.0. The Morgan fingerprint density at radius 1 is 1.14 bits per heavy atom. The van der Waals surface area contributed by atoms with Gasteiger partial charge in [-0.2, -0.15) is 0 Å². The van der Waals surface area contributed by atoms with Crippen LogP contribution in [-0.4, -0.2) is 42.1 Å². The van der Waals surface area contributed by atoms with Gasteiger partial charge in [0.05, 0.1) is 5.56 Å². The summed E-state index contributed by atoms with van der Waals surface area (Å²) in [6, 6.07) is 0.196. The van der Waals surface area contributed by atoms with E-state index in [1.54, 1.807) is 0 Å². The average Bonchev–Trinajstić information content (AvgIpc) is 3.05. The number of carbonyl (C=O) groups is 3. The third kappa shape index (κ3) is 5.79. The minimum atomic E-state index is -1.12. The Morgan fingerprint density at radius 3 is 2.59 bits per heavy atom. The minimum Gasteiger partial charge on any atom is -0.480 e. The molecule has 1 fully saturated rings. The fourth-order valence-corrected chi connectivity index (χ4v) is 5.60. The molecule has 1 heterocycles. The van der Waals surface area contributed by atoms with Gasteiger partial charge in [0.25, 0.3) is 11.8 Å². The number of hydrogen-bond donors (Lipinski definition) is 3. The smallest absolute Gasteiger partial charge is 0.329 e. The zero-order valence-corrected chi connectivity index (χ0v) is 17.7. The van der Waals surface area contributed by atoms with Crippen molar-refractivity contribution in [3.63, 3.8) is 0 Å². The van der Waals surface area contributed by atoms with E-state index in [4.69, 9.17) is 9.84 Å². The number of nitrogens with one attached hydrogen (secondary N) is 2. The maximum absolute atomic E-state index is 13.1. The lowest BCUT2D eigenvalue weighted by Crippen LogP contribution is -2.37. The van der Waals surface area contributed by atoms with Gasteiger partial charge in [-0.15, -0.1) is 11.3 Å². The molecule has 1 aromatic heterocycles. The van der Waals surface area contributed by atoms with Gasteiger partial charge in [0.1, 0.15) is 18.2 Å². The molecule has 0 radical (unpaired) electrons. The Hall–Kier alpha value is -1.93. The van der Waals surface area contributed by atoms with Crippen LogP contribution in [0.4, 0.5) is 5.00 Å². The molecular formula is C21H30N2O5S. The van der Waals surface area contributed by atoms with Crippen LogP contribution in [0.2, 0.25) is 0 Å². The first-order valence-corrected chi connectivity index (χ1v) is 11.3. The van der Waals surface area contributed by atoms with Gasteiger partial charge in [-0.25, -0.2) is 4.79 Å². The van der Waals surface area contributed by atoms with Crippen molar-refractivity contribution < 1.29 is 24.2 Å². The quantitative estimate of drug-likeness (QED) is 0.596. The standard InChI is InChI=1S/C21H30N2O5S/c1-2-13-8-9-15-16(10-13)29-21(23-17(24)11-28-12-18(25)26)19(15)20(27)22-14-6-4-3-5-7-14/h13-14H,2-12H2,1H3,(H,22,27)(H,23,24)(H,25,26)/t13-/m1/s1. The van der Waals surface area contributed by atoms with Crippen LogP contribution in [0, 0.1) is 5.92 Å². The molecule has 0 unspecified atom stereocenters. The molecule has 1 atom stereocenters. The van der Waals surface area contributed by atoms with Crippen molar-refractivity contribution in [3.8, 4) is 0 Å². The summed E-state index contributed by atoms with van der Waals surface area (Å²) in [7, 11) is 0. The van der Waals surface area contributed by atoms with Gasteiger partial charge in [0.2, 0.25) is 0 Å². The molecule has 3 rings (SSSR count). The largest absolute Gasteiger partial charge is 0.480 e. The fraction of sp³-hybridized carbons (Fsp3) is 0.667. The SMILES string of the molecule is CC[C@@H]1CCc2c(sc(NC(=O)COCC(=O)O)c2C(=O)NC2CCCCC2)C1. The van der Waals surface area contributed by atoms with Crippen LogP contribution >= 0.6 is 11.3 Å². The van der Waals surface area contributed by atoms with E-state index in [-0.39, 0.29) is 18.6 Å². The van der Waals surface area contributed by atoms with E-state index in [0.29, 0.717) is 16.5 Å². The molecule has 7 nitrogen and oxygen atoms in total. The maximum Gasteiger partial charge on any atom is 0.329 e. The number of rotatable bonds is 8. The molecule has 0 aromatic carbocycles. The van der Waals surface area contributed by atoms with E-state index in [9.17, 15) is 14.4 Å². The summed E-state index contributed by atoms with van der Waals surface area (Å²) in [6.45, 7) is 1.31. The molecule has 3 N–H and O–H groups in total. The second kappa shape index (κ2) is 10.2. The lowest BCUT2D eigenvalue weighted by atomic mass is 9.85. The van der Waals surface area contributed by atoms with E-state index in [0.717, 1.165) is 56.9 Å². The van der Waals surface area contributed by atoms with Gasteiger partial charge in [-0.1, -0.05) is 32.6 Å². The van der Waals surface area contributed by atoms with E-state index < -0.39 is 18.5 Å². The number of carboxylic acid groups (broad SMARTS) is 1. The molecule has 0 aliphatic heterocycles. The molecule has 2 aliphatic carbocycles. The summed E-state index contributed by atoms with van der Waals surface area (Å²) in [4.78, 5) is 37.1. The normalized spacial score (nSPS) is 19.4. The minimum absolute atomic E-state index is 0.105. The Balaban J connectivity index is 1.76. The highest BCUT2D eigenvalue weighted by molar-refractivity contribution is 7.17. The Labute approximate surface area is 175 Å². The zero-order chi connectivity index (χ0) is 20.8. The molecule has 1 aromatic rings. The molecule has 160 valence electrons. The second-order valence-electron chi connectivity index (χ2n) is 7.97. The molecule has 0 saturated heterocycles. The van der Waals surface area contributed by atoms with Gasteiger partial charge in [-0.3, -0.25) is 9.59 Å². The van der Waals surface area contributed by atoms with E-state index >= 15 is 0 Å². The molecule has 1 saturated carbocycles. The summed E-state index contributed by atoms with van der Waals surface area (Å²) in [6.07, 6.45) is 9.43.